The summed E-state index contributed by atoms with van der Waals surface area (Å²) in [5.41, 5.74) is 0. The van der Waals surface area contributed by atoms with Crippen LogP contribution in [0.25, 0.3) is 0 Å². The van der Waals surface area contributed by atoms with Crippen LogP contribution in [-0.2, 0) is 16.6 Å². The van der Waals surface area contributed by atoms with E-state index in [0.29, 0.717) is 17.3 Å². The average molecular weight is 304 g/mol. The highest BCUT2D eigenvalue weighted by Crippen LogP contribution is 2.11. The molecule has 0 fully saturated rings. The van der Waals surface area contributed by atoms with Crippen LogP contribution in [0.1, 0.15) is 16.3 Å². The predicted molar refractivity (Wildman–Crippen MR) is 67.4 cm³/mol. The SMILES string of the molecule is CS(=O)(=O)NC(=O)c1ccc(Cn2cc(Cl)cn2)o1. The molecule has 2 heterocycles. The van der Waals surface area contributed by atoms with Crippen molar-refractivity contribution in [2.45, 2.75) is 6.54 Å². The first-order valence-electron chi connectivity index (χ1n) is 5.12. The summed E-state index contributed by atoms with van der Waals surface area (Å²) in [5.74, 6) is -0.440. The van der Waals surface area contributed by atoms with E-state index in [1.165, 1.54) is 16.9 Å². The molecular weight excluding hydrogens is 294 g/mol. The van der Waals surface area contributed by atoms with Gasteiger partial charge in [0.15, 0.2) is 5.76 Å². The van der Waals surface area contributed by atoms with E-state index < -0.39 is 15.9 Å². The Morgan fingerprint density at radius 3 is 2.84 bits per heavy atom. The van der Waals surface area contributed by atoms with Gasteiger partial charge in [0.25, 0.3) is 5.91 Å². The van der Waals surface area contributed by atoms with Crippen molar-refractivity contribution in [3.05, 3.63) is 41.1 Å². The minimum absolute atomic E-state index is 0.0846. The number of amides is 1. The second-order valence-corrected chi connectivity index (χ2v) is 6.01. The Bertz CT molecular complexity index is 704. The molecule has 0 aliphatic carbocycles. The lowest BCUT2D eigenvalue weighted by atomic mass is 10.4. The van der Waals surface area contributed by atoms with E-state index in [-0.39, 0.29) is 5.76 Å². The van der Waals surface area contributed by atoms with Crippen molar-refractivity contribution in [3.8, 4) is 0 Å². The molecule has 9 heteroatoms. The Morgan fingerprint density at radius 1 is 1.53 bits per heavy atom. The quantitative estimate of drug-likeness (QED) is 0.904. The van der Waals surface area contributed by atoms with Gasteiger partial charge in [0.2, 0.25) is 10.0 Å². The van der Waals surface area contributed by atoms with E-state index in [9.17, 15) is 13.2 Å². The molecule has 2 aromatic heterocycles. The Labute approximate surface area is 114 Å². The van der Waals surface area contributed by atoms with Crippen molar-refractivity contribution < 1.29 is 17.6 Å². The zero-order chi connectivity index (χ0) is 14.0. The van der Waals surface area contributed by atoms with Gasteiger partial charge in [-0.25, -0.2) is 13.1 Å². The molecule has 0 unspecified atom stereocenters. The van der Waals surface area contributed by atoms with E-state index in [1.54, 1.807) is 12.3 Å². The van der Waals surface area contributed by atoms with Gasteiger partial charge in [0.05, 0.1) is 24.0 Å². The zero-order valence-electron chi connectivity index (χ0n) is 9.83. The minimum atomic E-state index is -3.61. The van der Waals surface area contributed by atoms with Gasteiger partial charge in [0, 0.05) is 6.20 Å². The third-order valence-corrected chi connectivity index (χ3v) is 2.83. The first kappa shape index (κ1) is 13.6. The monoisotopic (exact) mass is 303 g/mol. The molecule has 0 saturated carbocycles. The Morgan fingerprint density at radius 2 is 2.26 bits per heavy atom. The van der Waals surface area contributed by atoms with Gasteiger partial charge in [-0.3, -0.25) is 9.48 Å². The first-order valence-corrected chi connectivity index (χ1v) is 7.39. The number of hydrogen-bond acceptors (Lipinski definition) is 5. The number of rotatable bonds is 4. The fraction of sp³-hybridized carbons (Fsp3) is 0.200. The van der Waals surface area contributed by atoms with E-state index in [2.05, 4.69) is 5.10 Å². The number of sulfonamides is 1. The maximum absolute atomic E-state index is 11.5. The maximum atomic E-state index is 11.5. The molecule has 0 bridgehead atoms. The molecule has 0 saturated heterocycles. The lowest BCUT2D eigenvalue weighted by Gasteiger charge is -1.99. The first-order chi connectivity index (χ1) is 8.83. The van der Waals surface area contributed by atoms with Crippen LogP contribution in [0.2, 0.25) is 5.02 Å². The number of halogens is 1. The van der Waals surface area contributed by atoms with Gasteiger partial charge in [-0.2, -0.15) is 5.10 Å². The van der Waals surface area contributed by atoms with Crippen molar-refractivity contribution in [2.75, 3.05) is 6.26 Å². The van der Waals surface area contributed by atoms with Crippen LogP contribution in [0.5, 0.6) is 0 Å². The van der Waals surface area contributed by atoms with E-state index >= 15 is 0 Å². The molecular formula is C10H10ClN3O4S. The molecule has 0 aliphatic heterocycles. The summed E-state index contributed by atoms with van der Waals surface area (Å²) in [6.07, 6.45) is 3.96. The van der Waals surface area contributed by atoms with Crippen molar-refractivity contribution in [3.63, 3.8) is 0 Å². The molecule has 0 atom stereocenters. The van der Waals surface area contributed by atoms with E-state index in [1.807, 2.05) is 4.72 Å². The second kappa shape index (κ2) is 5.06. The number of hydrogen-bond donors (Lipinski definition) is 1. The Kier molecular flexibility index (Phi) is 3.63. The number of nitrogens with zero attached hydrogens (tertiary/aromatic N) is 2. The van der Waals surface area contributed by atoms with Crippen LogP contribution in [0.4, 0.5) is 0 Å². The summed E-state index contributed by atoms with van der Waals surface area (Å²) < 4.78 is 30.4. The second-order valence-electron chi connectivity index (χ2n) is 3.83. The summed E-state index contributed by atoms with van der Waals surface area (Å²) in [5, 5.41) is 4.44. The highest BCUT2D eigenvalue weighted by Gasteiger charge is 2.15. The van der Waals surface area contributed by atoms with Crippen molar-refractivity contribution in [2.24, 2.45) is 0 Å². The largest absolute Gasteiger partial charge is 0.454 e. The smallest absolute Gasteiger partial charge is 0.300 e. The maximum Gasteiger partial charge on any atom is 0.300 e. The lowest BCUT2D eigenvalue weighted by Crippen LogP contribution is -2.28. The molecule has 1 amide bonds. The number of nitrogens with one attached hydrogen (secondary N) is 1. The molecule has 102 valence electrons. The lowest BCUT2D eigenvalue weighted by molar-refractivity contribution is 0.0952. The van der Waals surface area contributed by atoms with Gasteiger partial charge in [-0.1, -0.05) is 11.6 Å². The predicted octanol–water partition coefficient (Wildman–Crippen LogP) is 0.867. The molecule has 19 heavy (non-hydrogen) atoms. The topological polar surface area (TPSA) is 94.2 Å². The number of carbonyl (C=O) groups excluding carboxylic acids is 1. The summed E-state index contributed by atoms with van der Waals surface area (Å²) in [6, 6.07) is 2.95. The highest BCUT2D eigenvalue weighted by molar-refractivity contribution is 7.89. The van der Waals surface area contributed by atoms with Gasteiger partial charge < -0.3 is 4.42 Å². The molecule has 7 nitrogen and oxygen atoms in total. The van der Waals surface area contributed by atoms with E-state index in [4.69, 9.17) is 16.0 Å². The summed E-state index contributed by atoms with van der Waals surface area (Å²) >= 11 is 5.71. The van der Waals surface area contributed by atoms with Crippen molar-refractivity contribution >= 4 is 27.5 Å². The van der Waals surface area contributed by atoms with Gasteiger partial charge in [0.1, 0.15) is 5.76 Å². The van der Waals surface area contributed by atoms with Crippen LogP contribution in [0, 0.1) is 0 Å². The van der Waals surface area contributed by atoms with Gasteiger partial charge in [-0.05, 0) is 12.1 Å². The molecule has 0 spiro atoms. The Hall–Kier alpha value is -1.80. The summed E-state index contributed by atoms with van der Waals surface area (Å²) in [6.45, 7) is 0.291. The highest BCUT2D eigenvalue weighted by atomic mass is 35.5. The molecule has 0 aromatic carbocycles. The van der Waals surface area contributed by atoms with Crippen molar-refractivity contribution in [1.29, 1.82) is 0 Å². The van der Waals surface area contributed by atoms with E-state index in [0.717, 1.165) is 6.26 Å². The normalized spacial score (nSPS) is 11.5. The van der Waals surface area contributed by atoms with Crippen LogP contribution < -0.4 is 4.72 Å². The number of carbonyl (C=O) groups is 1. The Balaban J connectivity index is 2.09. The molecule has 2 aromatic rings. The zero-order valence-corrected chi connectivity index (χ0v) is 11.4. The third kappa shape index (κ3) is 3.83. The van der Waals surface area contributed by atoms with Gasteiger partial charge >= 0.3 is 0 Å². The average Bonchev–Trinajstić information content (AvgIpc) is 2.86. The van der Waals surface area contributed by atoms with Crippen LogP contribution in [-0.4, -0.2) is 30.4 Å². The molecule has 1 N–H and O–H groups in total. The van der Waals surface area contributed by atoms with Crippen LogP contribution in [0.15, 0.2) is 28.9 Å². The molecule has 0 aliphatic rings. The van der Waals surface area contributed by atoms with Gasteiger partial charge in [-0.15, -0.1) is 0 Å². The fourth-order valence-corrected chi connectivity index (χ4v) is 1.98. The third-order valence-electron chi connectivity index (χ3n) is 2.08. The molecule has 0 radical (unpaired) electrons. The van der Waals surface area contributed by atoms with Crippen LogP contribution >= 0.6 is 11.6 Å². The minimum Gasteiger partial charge on any atom is -0.454 e. The summed E-state index contributed by atoms with van der Waals surface area (Å²) in [7, 11) is -3.61. The van der Waals surface area contributed by atoms with Crippen LogP contribution in [0.3, 0.4) is 0 Å². The standard InChI is InChI=1S/C10H10ClN3O4S/c1-19(16,17)13-10(15)9-3-2-8(18-9)6-14-5-7(11)4-12-14/h2-5H,6H2,1H3,(H,13,15). The molecule has 2 rings (SSSR count). The number of furan rings is 1. The fourth-order valence-electron chi connectivity index (χ4n) is 1.39. The summed E-state index contributed by atoms with van der Waals surface area (Å²) in [4.78, 5) is 11.5. The number of aromatic nitrogens is 2. The van der Waals surface area contributed by atoms with Crippen molar-refractivity contribution in [1.82, 2.24) is 14.5 Å².